The third-order valence-electron chi connectivity index (χ3n) is 3.81. The molecule has 3 nitrogen and oxygen atoms in total. The number of aryl methyl sites for hydroxylation is 1. The highest BCUT2D eigenvalue weighted by atomic mass is 16.5. The van der Waals surface area contributed by atoms with E-state index in [4.69, 9.17) is 10.3 Å². The summed E-state index contributed by atoms with van der Waals surface area (Å²) in [5.74, 6) is 0.808. The Morgan fingerprint density at radius 1 is 1.41 bits per heavy atom. The molecule has 0 spiro atoms. The van der Waals surface area contributed by atoms with Crippen LogP contribution in [-0.4, -0.2) is 5.16 Å². The lowest BCUT2D eigenvalue weighted by Crippen LogP contribution is -2.05. The van der Waals surface area contributed by atoms with Gasteiger partial charge in [0.05, 0.1) is 5.69 Å². The molecule has 0 saturated carbocycles. The second-order valence-electron chi connectivity index (χ2n) is 4.96. The van der Waals surface area contributed by atoms with Gasteiger partial charge in [0, 0.05) is 5.92 Å². The Morgan fingerprint density at radius 3 is 2.94 bits per heavy atom. The number of nitrogens with two attached hydrogens (primary N) is 1. The molecule has 0 radical (unpaired) electrons. The van der Waals surface area contributed by atoms with E-state index in [1.807, 2.05) is 0 Å². The maximum atomic E-state index is 5.89. The van der Waals surface area contributed by atoms with Crippen molar-refractivity contribution in [2.45, 2.75) is 32.1 Å². The van der Waals surface area contributed by atoms with Gasteiger partial charge in [0.1, 0.15) is 12.0 Å². The third-order valence-corrected chi connectivity index (χ3v) is 3.81. The molecule has 0 bridgehead atoms. The van der Waals surface area contributed by atoms with E-state index in [1.165, 1.54) is 23.0 Å². The molecule has 3 rings (SSSR count). The van der Waals surface area contributed by atoms with Crippen molar-refractivity contribution in [3.05, 3.63) is 46.8 Å². The van der Waals surface area contributed by atoms with Crippen molar-refractivity contribution >= 4 is 5.69 Å². The van der Waals surface area contributed by atoms with Crippen LogP contribution in [0.2, 0.25) is 0 Å². The van der Waals surface area contributed by atoms with Crippen molar-refractivity contribution in [3.63, 3.8) is 0 Å². The van der Waals surface area contributed by atoms with E-state index in [1.54, 1.807) is 0 Å². The number of fused-ring (bicyclic) bond motifs is 1. The highest BCUT2D eigenvalue weighted by Gasteiger charge is 2.33. The fraction of sp³-hybridized carbons (Fsp3) is 0.357. The highest BCUT2D eigenvalue weighted by molar-refractivity contribution is 5.48. The molecule has 2 N–H and O–H groups in total. The van der Waals surface area contributed by atoms with Gasteiger partial charge in [0.2, 0.25) is 0 Å². The Bertz CT molecular complexity index is 559. The maximum Gasteiger partial charge on any atom is 0.147 e. The monoisotopic (exact) mass is 228 g/mol. The Balaban J connectivity index is 2.02. The van der Waals surface area contributed by atoms with Crippen LogP contribution < -0.4 is 5.73 Å². The van der Waals surface area contributed by atoms with Crippen LogP contribution in [0.25, 0.3) is 0 Å². The molecule has 0 saturated heterocycles. The van der Waals surface area contributed by atoms with Crippen molar-refractivity contribution in [3.8, 4) is 0 Å². The Kier molecular flexibility index (Phi) is 2.21. The van der Waals surface area contributed by atoms with E-state index in [2.05, 4.69) is 37.2 Å². The number of benzene rings is 1. The van der Waals surface area contributed by atoms with Crippen LogP contribution in [0, 0.1) is 6.92 Å². The van der Waals surface area contributed by atoms with Crippen molar-refractivity contribution in [2.75, 3.05) is 5.73 Å². The molecule has 1 aliphatic carbocycles. The van der Waals surface area contributed by atoms with Crippen molar-refractivity contribution < 1.29 is 4.52 Å². The molecule has 0 fully saturated rings. The lowest BCUT2D eigenvalue weighted by atomic mass is 9.91. The molecule has 88 valence electrons. The number of aromatic nitrogens is 1. The summed E-state index contributed by atoms with van der Waals surface area (Å²) in [7, 11) is 0. The van der Waals surface area contributed by atoms with Crippen LogP contribution >= 0.6 is 0 Å². The van der Waals surface area contributed by atoms with Crippen LogP contribution in [0.4, 0.5) is 5.69 Å². The van der Waals surface area contributed by atoms with E-state index < -0.39 is 0 Å². The predicted octanol–water partition coefficient (Wildman–Crippen LogP) is 3.01. The van der Waals surface area contributed by atoms with Gasteiger partial charge in [-0.15, -0.1) is 0 Å². The average molecular weight is 228 g/mol. The van der Waals surface area contributed by atoms with Crippen LogP contribution in [0.1, 0.15) is 41.1 Å². The smallest absolute Gasteiger partial charge is 0.147 e. The zero-order valence-corrected chi connectivity index (χ0v) is 10.1. The molecular weight excluding hydrogens is 212 g/mol. The second-order valence-corrected chi connectivity index (χ2v) is 4.96. The lowest BCUT2D eigenvalue weighted by Gasteiger charge is -2.13. The number of anilines is 1. The van der Waals surface area contributed by atoms with Gasteiger partial charge in [-0.25, -0.2) is 0 Å². The minimum atomic E-state index is 0.352. The topological polar surface area (TPSA) is 52.0 Å². The van der Waals surface area contributed by atoms with Gasteiger partial charge in [0.25, 0.3) is 0 Å². The van der Waals surface area contributed by atoms with Gasteiger partial charge in [0.15, 0.2) is 0 Å². The van der Waals surface area contributed by atoms with Crippen LogP contribution in [-0.2, 0) is 6.42 Å². The summed E-state index contributed by atoms with van der Waals surface area (Å²) in [4.78, 5) is 0. The van der Waals surface area contributed by atoms with Crippen molar-refractivity contribution in [1.82, 2.24) is 5.16 Å². The lowest BCUT2D eigenvalue weighted by molar-refractivity contribution is 0.401. The molecule has 2 unspecified atom stereocenters. The zero-order valence-electron chi connectivity index (χ0n) is 10.1. The summed E-state index contributed by atoms with van der Waals surface area (Å²) in [6.07, 6.45) is 2.53. The molecule has 2 aromatic rings. The molecule has 0 amide bonds. The second kappa shape index (κ2) is 3.62. The molecule has 1 aromatic heterocycles. The summed E-state index contributed by atoms with van der Waals surface area (Å²) in [5, 5.41) is 4.05. The SMILES string of the molecule is Cc1ccc2c(c1)C(C)C(c1nocc1N)C2. The van der Waals surface area contributed by atoms with Crippen LogP contribution in [0.3, 0.4) is 0 Å². The molecule has 1 aromatic carbocycles. The zero-order chi connectivity index (χ0) is 12.0. The van der Waals surface area contributed by atoms with E-state index in [9.17, 15) is 0 Å². The Morgan fingerprint density at radius 2 is 2.24 bits per heavy atom. The number of nitrogens with zero attached hydrogens (tertiary/aromatic N) is 1. The van der Waals surface area contributed by atoms with E-state index in [0.29, 0.717) is 17.5 Å². The van der Waals surface area contributed by atoms with E-state index in [0.717, 1.165) is 12.1 Å². The van der Waals surface area contributed by atoms with Gasteiger partial charge in [-0.3, -0.25) is 0 Å². The molecule has 2 atom stereocenters. The molecule has 0 aliphatic heterocycles. The largest absolute Gasteiger partial charge is 0.395 e. The Hall–Kier alpha value is -1.77. The maximum absolute atomic E-state index is 5.89. The molecule has 1 heterocycles. The summed E-state index contributed by atoms with van der Waals surface area (Å²) < 4.78 is 4.95. The molecular formula is C14H16N2O. The predicted molar refractivity (Wildman–Crippen MR) is 67.0 cm³/mol. The van der Waals surface area contributed by atoms with Gasteiger partial charge in [-0.2, -0.15) is 0 Å². The van der Waals surface area contributed by atoms with E-state index >= 15 is 0 Å². The number of hydrogen-bond acceptors (Lipinski definition) is 3. The highest BCUT2D eigenvalue weighted by Crippen LogP contribution is 2.44. The fourth-order valence-corrected chi connectivity index (χ4v) is 2.82. The number of hydrogen-bond donors (Lipinski definition) is 1. The average Bonchev–Trinajstić information content (AvgIpc) is 2.84. The first-order valence-electron chi connectivity index (χ1n) is 5.96. The summed E-state index contributed by atoms with van der Waals surface area (Å²) in [6.45, 7) is 4.37. The fourth-order valence-electron chi connectivity index (χ4n) is 2.82. The first-order chi connectivity index (χ1) is 8.16. The Labute approximate surface area is 101 Å². The summed E-state index contributed by atoms with van der Waals surface area (Å²) >= 11 is 0. The van der Waals surface area contributed by atoms with Crippen molar-refractivity contribution in [2.24, 2.45) is 0 Å². The third kappa shape index (κ3) is 1.54. The molecule has 1 aliphatic rings. The number of nitrogen functional groups attached to an aromatic ring is 1. The summed E-state index contributed by atoms with van der Waals surface area (Å²) in [6, 6.07) is 6.66. The van der Waals surface area contributed by atoms with Gasteiger partial charge < -0.3 is 10.3 Å². The first kappa shape index (κ1) is 10.4. The summed E-state index contributed by atoms with van der Waals surface area (Å²) in [5.41, 5.74) is 11.6. The van der Waals surface area contributed by atoms with Gasteiger partial charge in [-0.1, -0.05) is 35.8 Å². The van der Waals surface area contributed by atoms with Gasteiger partial charge >= 0.3 is 0 Å². The van der Waals surface area contributed by atoms with Crippen LogP contribution in [0.15, 0.2) is 29.0 Å². The quantitative estimate of drug-likeness (QED) is 0.816. The van der Waals surface area contributed by atoms with Gasteiger partial charge in [-0.05, 0) is 30.4 Å². The molecule has 3 heteroatoms. The molecule has 17 heavy (non-hydrogen) atoms. The minimum Gasteiger partial charge on any atom is -0.395 e. The van der Waals surface area contributed by atoms with Crippen LogP contribution in [0.5, 0.6) is 0 Å². The normalized spacial score (nSPS) is 22.7. The van der Waals surface area contributed by atoms with Crippen molar-refractivity contribution in [1.29, 1.82) is 0 Å². The first-order valence-corrected chi connectivity index (χ1v) is 5.96. The number of rotatable bonds is 1. The standard InChI is InChI=1S/C14H16N2O/c1-8-3-4-10-6-12(9(2)11(10)5-8)14-13(15)7-17-16-14/h3-5,7,9,12H,6,15H2,1-2H3. The van der Waals surface area contributed by atoms with E-state index in [-0.39, 0.29) is 0 Å². The minimum absolute atomic E-state index is 0.352.